The third-order valence-electron chi connectivity index (χ3n) is 1.38. The average Bonchev–Trinajstić information content (AvgIpc) is 2.03. The SMILES string of the molecule is Nc1cc(F)c(C=O)nc1C(F)F. The molecule has 0 spiro atoms. The number of aromatic nitrogens is 1. The maximum Gasteiger partial charge on any atom is 0.282 e. The predicted octanol–water partition coefficient (Wildman–Crippen LogP) is 1.55. The minimum atomic E-state index is -2.92. The van der Waals surface area contributed by atoms with Gasteiger partial charge in [0.25, 0.3) is 6.43 Å². The Bertz CT molecular complexity index is 341. The quantitative estimate of drug-likeness (QED) is 0.720. The summed E-state index contributed by atoms with van der Waals surface area (Å²) >= 11 is 0. The number of aldehydes is 1. The van der Waals surface area contributed by atoms with Crippen LogP contribution in [-0.4, -0.2) is 11.3 Å². The van der Waals surface area contributed by atoms with E-state index in [4.69, 9.17) is 5.73 Å². The van der Waals surface area contributed by atoms with E-state index in [2.05, 4.69) is 4.98 Å². The number of hydrogen-bond acceptors (Lipinski definition) is 3. The maximum atomic E-state index is 12.7. The van der Waals surface area contributed by atoms with Gasteiger partial charge in [0, 0.05) is 6.07 Å². The van der Waals surface area contributed by atoms with E-state index in [1.54, 1.807) is 0 Å². The molecule has 1 aromatic heterocycles. The van der Waals surface area contributed by atoms with Gasteiger partial charge in [-0.3, -0.25) is 4.79 Å². The predicted molar refractivity (Wildman–Crippen MR) is 39.0 cm³/mol. The van der Waals surface area contributed by atoms with Gasteiger partial charge in [0.2, 0.25) is 0 Å². The molecule has 0 aliphatic rings. The lowest BCUT2D eigenvalue weighted by Gasteiger charge is -2.04. The molecule has 0 aromatic carbocycles. The minimum absolute atomic E-state index is 0.0562. The number of halogens is 3. The third kappa shape index (κ3) is 1.77. The largest absolute Gasteiger partial charge is 0.397 e. The number of rotatable bonds is 2. The molecule has 2 N–H and O–H groups in total. The van der Waals surface area contributed by atoms with Crippen LogP contribution in [0.25, 0.3) is 0 Å². The summed E-state index contributed by atoms with van der Waals surface area (Å²) < 4.78 is 36.9. The molecule has 1 aromatic rings. The first kappa shape index (κ1) is 9.50. The van der Waals surface area contributed by atoms with E-state index in [1.807, 2.05) is 0 Å². The Balaban J connectivity index is 3.30. The van der Waals surface area contributed by atoms with Crippen molar-refractivity contribution >= 4 is 12.0 Å². The minimum Gasteiger partial charge on any atom is -0.397 e. The average molecular weight is 190 g/mol. The summed E-state index contributed by atoms with van der Waals surface area (Å²) in [5.74, 6) is -1.00. The van der Waals surface area contributed by atoms with E-state index in [0.717, 1.165) is 0 Å². The zero-order chi connectivity index (χ0) is 10.0. The summed E-state index contributed by atoms with van der Waals surface area (Å²) in [6, 6.07) is 0.651. The Hall–Kier alpha value is -1.59. The summed E-state index contributed by atoms with van der Waals surface area (Å²) in [5.41, 5.74) is 3.15. The first-order chi connectivity index (χ1) is 6.06. The molecule has 0 saturated carbocycles. The number of anilines is 1. The lowest BCUT2D eigenvalue weighted by Crippen LogP contribution is -2.04. The van der Waals surface area contributed by atoms with Gasteiger partial charge >= 0.3 is 0 Å². The van der Waals surface area contributed by atoms with Gasteiger partial charge < -0.3 is 5.73 Å². The Morgan fingerprint density at radius 2 is 2.15 bits per heavy atom. The van der Waals surface area contributed by atoms with Gasteiger partial charge in [0.05, 0.1) is 5.69 Å². The summed E-state index contributed by atoms with van der Waals surface area (Å²) in [7, 11) is 0. The second-order valence-corrected chi connectivity index (χ2v) is 2.25. The highest BCUT2D eigenvalue weighted by Crippen LogP contribution is 2.23. The number of nitrogen functional groups attached to an aromatic ring is 1. The van der Waals surface area contributed by atoms with Crippen molar-refractivity contribution in [1.29, 1.82) is 0 Å². The van der Waals surface area contributed by atoms with E-state index in [-0.39, 0.29) is 6.29 Å². The number of carbonyl (C=O) groups is 1. The van der Waals surface area contributed by atoms with Crippen LogP contribution in [0.4, 0.5) is 18.9 Å². The van der Waals surface area contributed by atoms with Gasteiger partial charge in [-0.2, -0.15) is 0 Å². The molecular formula is C7H5F3N2O. The van der Waals surface area contributed by atoms with E-state index < -0.39 is 29.3 Å². The van der Waals surface area contributed by atoms with Crippen molar-refractivity contribution in [3.05, 3.63) is 23.3 Å². The fourth-order valence-corrected chi connectivity index (χ4v) is 0.790. The molecule has 0 radical (unpaired) electrons. The second-order valence-electron chi connectivity index (χ2n) is 2.25. The number of pyridine rings is 1. The molecule has 0 amide bonds. The van der Waals surface area contributed by atoms with Crippen molar-refractivity contribution in [2.45, 2.75) is 6.43 Å². The van der Waals surface area contributed by atoms with Gasteiger partial charge in [-0.1, -0.05) is 0 Å². The van der Waals surface area contributed by atoms with E-state index in [0.29, 0.717) is 6.07 Å². The van der Waals surface area contributed by atoms with Crippen molar-refractivity contribution < 1.29 is 18.0 Å². The van der Waals surface area contributed by atoms with Crippen molar-refractivity contribution in [3.8, 4) is 0 Å². The Morgan fingerprint density at radius 1 is 1.54 bits per heavy atom. The number of nitrogens with zero attached hydrogens (tertiary/aromatic N) is 1. The fraction of sp³-hybridized carbons (Fsp3) is 0.143. The molecule has 1 rings (SSSR count). The molecule has 0 fully saturated rings. The van der Waals surface area contributed by atoms with Crippen LogP contribution < -0.4 is 5.73 Å². The Morgan fingerprint density at radius 3 is 2.62 bits per heavy atom. The molecule has 1 heterocycles. The van der Waals surface area contributed by atoms with Crippen LogP contribution in [0.3, 0.4) is 0 Å². The van der Waals surface area contributed by atoms with Crippen LogP contribution in [0.2, 0.25) is 0 Å². The Labute approximate surface area is 71.4 Å². The normalized spacial score (nSPS) is 10.5. The molecule has 0 unspecified atom stereocenters. The highest BCUT2D eigenvalue weighted by molar-refractivity contribution is 5.73. The highest BCUT2D eigenvalue weighted by Gasteiger charge is 2.16. The first-order valence-corrected chi connectivity index (χ1v) is 3.25. The van der Waals surface area contributed by atoms with Gasteiger partial charge in [-0.25, -0.2) is 18.2 Å². The standard InChI is InChI=1S/C7H5F3N2O/c8-3-1-4(11)6(7(9)10)12-5(3)2-13/h1-2,7H,11H2. The second kappa shape index (κ2) is 3.42. The van der Waals surface area contributed by atoms with Crippen LogP contribution in [0, 0.1) is 5.82 Å². The summed E-state index contributed by atoms with van der Waals surface area (Å²) in [6.07, 6.45) is -2.86. The van der Waals surface area contributed by atoms with Crippen molar-refractivity contribution in [1.82, 2.24) is 4.98 Å². The number of hydrogen-bond donors (Lipinski definition) is 1. The van der Waals surface area contributed by atoms with E-state index in [1.165, 1.54) is 0 Å². The van der Waals surface area contributed by atoms with Crippen molar-refractivity contribution in [2.75, 3.05) is 5.73 Å². The lowest BCUT2D eigenvalue weighted by atomic mass is 10.2. The van der Waals surface area contributed by atoms with Crippen LogP contribution in [0.5, 0.6) is 0 Å². The van der Waals surface area contributed by atoms with Crippen LogP contribution in [0.15, 0.2) is 6.07 Å². The molecule has 13 heavy (non-hydrogen) atoms. The molecule has 0 bridgehead atoms. The summed E-state index contributed by atoms with van der Waals surface area (Å²) in [6.45, 7) is 0. The first-order valence-electron chi connectivity index (χ1n) is 3.25. The molecule has 70 valence electrons. The molecular weight excluding hydrogens is 185 g/mol. The third-order valence-corrected chi connectivity index (χ3v) is 1.38. The summed E-state index contributed by atoms with van der Waals surface area (Å²) in [5, 5.41) is 0. The molecule has 6 heteroatoms. The van der Waals surface area contributed by atoms with Crippen molar-refractivity contribution in [3.63, 3.8) is 0 Å². The van der Waals surface area contributed by atoms with Crippen molar-refractivity contribution in [2.24, 2.45) is 0 Å². The topological polar surface area (TPSA) is 56.0 Å². The molecule has 0 atom stereocenters. The Kier molecular flexibility index (Phi) is 2.50. The van der Waals surface area contributed by atoms with Crippen LogP contribution in [0.1, 0.15) is 22.6 Å². The van der Waals surface area contributed by atoms with Gasteiger partial charge in [-0.05, 0) is 0 Å². The van der Waals surface area contributed by atoms with Gasteiger partial charge in [-0.15, -0.1) is 0 Å². The molecule has 0 saturated heterocycles. The zero-order valence-electron chi connectivity index (χ0n) is 6.30. The van der Waals surface area contributed by atoms with Crippen LogP contribution >= 0.6 is 0 Å². The fourth-order valence-electron chi connectivity index (χ4n) is 0.790. The van der Waals surface area contributed by atoms with E-state index in [9.17, 15) is 18.0 Å². The van der Waals surface area contributed by atoms with Crippen LogP contribution in [-0.2, 0) is 0 Å². The number of alkyl halides is 2. The molecule has 0 aliphatic carbocycles. The van der Waals surface area contributed by atoms with E-state index >= 15 is 0 Å². The summed E-state index contributed by atoms with van der Waals surface area (Å²) in [4.78, 5) is 13.2. The van der Waals surface area contributed by atoms with Gasteiger partial charge in [0.1, 0.15) is 11.4 Å². The zero-order valence-corrected chi connectivity index (χ0v) is 6.30. The number of carbonyl (C=O) groups excluding carboxylic acids is 1. The van der Waals surface area contributed by atoms with Gasteiger partial charge in [0.15, 0.2) is 12.1 Å². The smallest absolute Gasteiger partial charge is 0.282 e. The molecule has 3 nitrogen and oxygen atoms in total. The maximum absolute atomic E-state index is 12.7. The lowest BCUT2D eigenvalue weighted by molar-refractivity contribution is 0.111. The highest BCUT2D eigenvalue weighted by atomic mass is 19.3. The monoisotopic (exact) mass is 190 g/mol. The molecule has 0 aliphatic heterocycles. The number of nitrogens with two attached hydrogens (primary N) is 1.